The van der Waals surface area contributed by atoms with Gasteiger partial charge in [-0.15, -0.1) is 0 Å². The van der Waals surface area contributed by atoms with Crippen molar-refractivity contribution >= 4 is 11.6 Å². The van der Waals surface area contributed by atoms with Crippen molar-refractivity contribution in [1.82, 2.24) is 10.2 Å². The van der Waals surface area contributed by atoms with Crippen molar-refractivity contribution in [3.63, 3.8) is 0 Å². The highest BCUT2D eigenvalue weighted by atomic mass is 19.1. The smallest absolute Gasteiger partial charge is 0.276 e. The molecule has 0 aliphatic heterocycles. The first-order valence-corrected chi connectivity index (χ1v) is 4.78. The highest BCUT2D eigenvalue weighted by molar-refractivity contribution is 6.02. The molecular weight excluding hydrogens is 225 g/mol. The number of rotatable bonds is 2. The summed E-state index contributed by atoms with van der Waals surface area (Å²) in [5.74, 6) is -0.968. The summed E-state index contributed by atoms with van der Waals surface area (Å²) in [6, 6.07) is 7.95. The minimum atomic E-state index is -0.521. The molecule has 1 aromatic carbocycles. The Hall–Kier alpha value is -2.50. The number of anilines is 1. The van der Waals surface area contributed by atoms with Gasteiger partial charge in [-0.1, -0.05) is 6.07 Å². The molecule has 2 aromatic rings. The molecule has 0 spiro atoms. The lowest BCUT2D eigenvalue weighted by atomic mass is 10.3. The highest BCUT2D eigenvalue weighted by Gasteiger charge is 2.07. The van der Waals surface area contributed by atoms with E-state index in [9.17, 15) is 14.0 Å². The molecule has 1 heterocycles. The van der Waals surface area contributed by atoms with Crippen LogP contribution in [0, 0.1) is 5.82 Å². The van der Waals surface area contributed by atoms with Gasteiger partial charge in [-0.2, -0.15) is 5.10 Å². The molecule has 0 atom stereocenters. The first-order chi connectivity index (χ1) is 8.15. The summed E-state index contributed by atoms with van der Waals surface area (Å²) in [7, 11) is 0. The average Bonchev–Trinajstić information content (AvgIpc) is 2.29. The van der Waals surface area contributed by atoms with E-state index in [1.807, 2.05) is 0 Å². The van der Waals surface area contributed by atoms with E-state index >= 15 is 0 Å². The zero-order valence-corrected chi connectivity index (χ0v) is 8.61. The van der Waals surface area contributed by atoms with Gasteiger partial charge in [0.15, 0.2) is 0 Å². The van der Waals surface area contributed by atoms with Gasteiger partial charge >= 0.3 is 0 Å². The van der Waals surface area contributed by atoms with Crippen LogP contribution >= 0.6 is 0 Å². The van der Waals surface area contributed by atoms with Crippen LogP contribution in [0.15, 0.2) is 41.2 Å². The number of aromatic amines is 1. The molecule has 2 N–H and O–H groups in total. The predicted octanol–water partition coefficient (Wildman–Crippen LogP) is 1.16. The molecule has 2 rings (SSSR count). The summed E-state index contributed by atoms with van der Waals surface area (Å²) in [4.78, 5) is 22.4. The first-order valence-electron chi connectivity index (χ1n) is 4.78. The van der Waals surface area contributed by atoms with Crippen LogP contribution in [0.25, 0.3) is 0 Å². The number of amides is 1. The van der Waals surface area contributed by atoms with Crippen molar-refractivity contribution in [1.29, 1.82) is 0 Å². The summed E-state index contributed by atoms with van der Waals surface area (Å²) in [5.41, 5.74) is -0.0239. The normalized spacial score (nSPS) is 9.94. The Balaban J connectivity index is 2.17. The van der Waals surface area contributed by atoms with Gasteiger partial charge in [-0.25, -0.2) is 9.49 Å². The highest BCUT2D eigenvalue weighted by Crippen LogP contribution is 2.09. The zero-order valence-electron chi connectivity index (χ0n) is 8.61. The summed E-state index contributed by atoms with van der Waals surface area (Å²) in [6.07, 6.45) is 0. The molecule has 0 fully saturated rings. The lowest BCUT2D eigenvalue weighted by Gasteiger charge is -2.03. The van der Waals surface area contributed by atoms with E-state index < -0.39 is 17.3 Å². The number of hydrogen-bond donors (Lipinski definition) is 2. The van der Waals surface area contributed by atoms with Crippen molar-refractivity contribution in [2.24, 2.45) is 0 Å². The third-order valence-corrected chi connectivity index (χ3v) is 1.99. The molecule has 0 saturated carbocycles. The van der Waals surface area contributed by atoms with Gasteiger partial charge in [-0.05, 0) is 24.3 Å². The van der Waals surface area contributed by atoms with Crippen LogP contribution in [0.1, 0.15) is 10.5 Å². The first kappa shape index (κ1) is 11.0. The third kappa shape index (κ3) is 2.75. The number of nitrogens with one attached hydrogen (secondary N) is 2. The van der Waals surface area contributed by atoms with Crippen molar-refractivity contribution in [2.45, 2.75) is 0 Å². The summed E-state index contributed by atoms with van der Waals surface area (Å²) in [5, 5.41) is 8.15. The second-order valence-electron chi connectivity index (χ2n) is 3.27. The summed E-state index contributed by atoms with van der Waals surface area (Å²) >= 11 is 0. The number of hydrogen-bond acceptors (Lipinski definition) is 3. The predicted molar refractivity (Wildman–Crippen MR) is 59.2 cm³/mol. The Morgan fingerprint density at radius 3 is 2.76 bits per heavy atom. The average molecular weight is 233 g/mol. The number of aromatic nitrogens is 2. The second-order valence-corrected chi connectivity index (χ2v) is 3.27. The van der Waals surface area contributed by atoms with Gasteiger partial charge in [0.1, 0.15) is 11.5 Å². The third-order valence-electron chi connectivity index (χ3n) is 1.99. The van der Waals surface area contributed by atoms with Gasteiger partial charge in [0.2, 0.25) is 0 Å². The maximum atomic E-state index is 12.9. The molecule has 0 aliphatic rings. The van der Waals surface area contributed by atoms with Crippen LogP contribution in [0.2, 0.25) is 0 Å². The van der Waals surface area contributed by atoms with Crippen LogP contribution in [0.4, 0.5) is 10.1 Å². The fourth-order valence-electron chi connectivity index (χ4n) is 1.23. The van der Waals surface area contributed by atoms with Crippen LogP contribution in [-0.2, 0) is 0 Å². The van der Waals surface area contributed by atoms with E-state index in [0.29, 0.717) is 5.69 Å². The second kappa shape index (κ2) is 4.56. The topological polar surface area (TPSA) is 74.8 Å². The van der Waals surface area contributed by atoms with Crippen molar-refractivity contribution < 1.29 is 9.18 Å². The number of H-pyrrole nitrogens is 1. The fraction of sp³-hybridized carbons (Fsp3) is 0. The van der Waals surface area contributed by atoms with E-state index in [2.05, 4.69) is 15.5 Å². The number of halogens is 1. The molecular formula is C11H8FN3O2. The maximum absolute atomic E-state index is 12.9. The molecule has 0 saturated heterocycles. The minimum Gasteiger partial charge on any atom is -0.320 e. The quantitative estimate of drug-likeness (QED) is 0.817. The Labute approximate surface area is 95.3 Å². The van der Waals surface area contributed by atoms with E-state index in [1.54, 1.807) is 6.07 Å². The number of nitrogens with zero attached hydrogens (tertiary/aromatic N) is 1. The van der Waals surface area contributed by atoms with Crippen LogP contribution < -0.4 is 10.9 Å². The standard InChI is InChI=1S/C11H8FN3O2/c12-7-2-1-3-8(6-7)13-11(17)9-4-5-10(16)15-14-9/h1-6H,(H,13,17)(H,15,16). The van der Waals surface area contributed by atoms with E-state index in [4.69, 9.17) is 0 Å². The van der Waals surface area contributed by atoms with Gasteiger partial charge in [-0.3, -0.25) is 9.59 Å². The number of carbonyl (C=O) groups is 1. The molecule has 17 heavy (non-hydrogen) atoms. The van der Waals surface area contributed by atoms with E-state index in [1.165, 1.54) is 30.3 Å². The Morgan fingerprint density at radius 2 is 2.12 bits per heavy atom. The van der Waals surface area contributed by atoms with Gasteiger partial charge in [0, 0.05) is 11.8 Å². The molecule has 1 amide bonds. The van der Waals surface area contributed by atoms with E-state index in [0.717, 1.165) is 0 Å². The summed E-state index contributed by atoms with van der Waals surface area (Å²) in [6.45, 7) is 0. The van der Waals surface area contributed by atoms with Crippen molar-refractivity contribution in [3.8, 4) is 0 Å². The van der Waals surface area contributed by atoms with Crippen molar-refractivity contribution in [3.05, 3.63) is 58.3 Å². The fourth-order valence-corrected chi connectivity index (χ4v) is 1.23. The molecule has 0 unspecified atom stereocenters. The van der Waals surface area contributed by atoms with Crippen LogP contribution in [0.5, 0.6) is 0 Å². The van der Waals surface area contributed by atoms with E-state index in [-0.39, 0.29) is 5.69 Å². The monoisotopic (exact) mass is 233 g/mol. The molecule has 1 aromatic heterocycles. The van der Waals surface area contributed by atoms with Crippen molar-refractivity contribution in [2.75, 3.05) is 5.32 Å². The van der Waals surface area contributed by atoms with Gasteiger partial charge < -0.3 is 5.32 Å². The lowest BCUT2D eigenvalue weighted by Crippen LogP contribution is -2.17. The van der Waals surface area contributed by atoms with Gasteiger partial charge in [0.05, 0.1) is 0 Å². The molecule has 6 heteroatoms. The van der Waals surface area contributed by atoms with Crippen LogP contribution in [0.3, 0.4) is 0 Å². The summed E-state index contributed by atoms with van der Waals surface area (Å²) < 4.78 is 12.9. The molecule has 0 bridgehead atoms. The maximum Gasteiger partial charge on any atom is 0.276 e. The number of carbonyl (C=O) groups excluding carboxylic acids is 1. The largest absolute Gasteiger partial charge is 0.320 e. The lowest BCUT2D eigenvalue weighted by molar-refractivity contribution is 0.102. The molecule has 86 valence electrons. The minimum absolute atomic E-state index is 0.0499. The SMILES string of the molecule is O=C(Nc1cccc(F)c1)c1ccc(=O)[nH]n1. The molecule has 0 radical (unpaired) electrons. The van der Waals surface area contributed by atoms with Gasteiger partial charge in [0.25, 0.3) is 11.5 Å². The number of benzene rings is 1. The molecule has 0 aliphatic carbocycles. The zero-order chi connectivity index (χ0) is 12.3. The molecule has 5 nitrogen and oxygen atoms in total. The Morgan fingerprint density at radius 1 is 1.29 bits per heavy atom. The van der Waals surface area contributed by atoms with Crippen LogP contribution in [-0.4, -0.2) is 16.1 Å². The Bertz CT molecular complexity index is 589. The Kier molecular flexibility index (Phi) is 2.95.